The number of ketones is 1. The Kier molecular flexibility index (Phi) is 7.04. The highest BCUT2D eigenvalue weighted by molar-refractivity contribution is 6.14. The van der Waals surface area contributed by atoms with Gasteiger partial charge < -0.3 is 24.2 Å². The zero-order valence-electron chi connectivity index (χ0n) is 17.2. The number of carbonyl (C=O) groups is 1. The summed E-state index contributed by atoms with van der Waals surface area (Å²) in [5, 5.41) is 10.5. The molecule has 0 fully saturated rings. The van der Waals surface area contributed by atoms with E-state index in [2.05, 4.69) is 0 Å². The minimum Gasteiger partial charge on any atom is -0.507 e. The molecule has 0 aromatic heterocycles. The number of carbonyl (C=O) groups excluding carboxylic acids is 1. The molecule has 0 aliphatic carbocycles. The predicted molar refractivity (Wildman–Crippen MR) is 110 cm³/mol. The molecule has 2 aromatic carbocycles. The molecule has 1 heterocycles. The number of methoxy groups -OCH3 is 2. The van der Waals surface area contributed by atoms with Gasteiger partial charge in [-0.05, 0) is 30.7 Å². The fourth-order valence-corrected chi connectivity index (χ4v) is 3.42. The first-order valence-electron chi connectivity index (χ1n) is 9.70. The van der Waals surface area contributed by atoms with E-state index in [1.165, 1.54) is 4.90 Å². The highest BCUT2D eigenvalue weighted by Crippen LogP contribution is 2.39. The topological polar surface area (TPSA) is 69.4 Å². The first kappa shape index (κ1) is 21.0. The second-order valence-electron chi connectivity index (χ2n) is 7.21. The van der Waals surface area contributed by atoms with Crippen LogP contribution in [0.3, 0.4) is 0 Å². The Morgan fingerprint density at radius 1 is 1.10 bits per heavy atom. The van der Waals surface area contributed by atoms with Crippen molar-refractivity contribution >= 4 is 11.9 Å². The minimum atomic E-state index is -0.168. The number of hydrogen-bond donors (Lipinski definition) is 2. The van der Waals surface area contributed by atoms with Crippen molar-refractivity contribution < 1.29 is 29.0 Å². The summed E-state index contributed by atoms with van der Waals surface area (Å²) in [7, 11) is 3.32. The maximum atomic E-state index is 12.9. The number of benzene rings is 2. The molecule has 0 unspecified atom stereocenters. The van der Waals surface area contributed by atoms with Crippen LogP contribution < -0.4 is 9.64 Å². The van der Waals surface area contributed by atoms with Crippen molar-refractivity contribution in [1.29, 1.82) is 0 Å². The molecule has 1 aliphatic heterocycles. The van der Waals surface area contributed by atoms with Crippen LogP contribution in [0.25, 0.3) is 6.08 Å². The van der Waals surface area contributed by atoms with Crippen molar-refractivity contribution in [3.05, 3.63) is 64.4 Å². The van der Waals surface area contributed by atoms with E-state index in [0.717, 1.165) is 24.2 Å². The van der Waals surface area contributed by atoms with E-state index in [9.17, 15) is 9.90 Å². The van der Waals surface area contributed by atoms with Crippen LogP contribution in [0.2, 0.25) is 0 Å². The number of rotatable bonds is 9. The lowest BCUT2D eigenvalue weighted by Crippen LogP contribution is -3.11. The molecule has 29 heavy (non-hydrogen) atoms. The van der Waals surface area contributed by atoms with E-state index in [4.69, 9.17) is 14.2 Å². The number of Topliss-reactive ketones (excluding diaryl/α,β-unsaturated/α-hetero) is 1. The van der Waals surface area contributed by atoms with Crippen LogP contribution in [0, 0.1) is 6.92 Å². The summed E-state index contributed by atoms with van der Waals surface area (Å²) < 4.78 is 16.4. The number of hydrogen-bond acceptors (Lipinski definition) is 5. The van der Waals surface area contributed by atoms with Crippen LogP contribution in [0.5, 0.6) is 11.5 Å². The molecule has 2 aromatic rings. The quantitative estimate of drug-likeness (QED) is 0.633. The monoisotopic (exact) mass is 398 g/mol. The summed E-state index contributed by atoms with van der Waals surface area (Å²) in [5.41, 5.74) is 3.12. The van der Waals surface area contributed by atoms with Gasteiger partial charge in [0.25, 0.3) is 0 Å². The molecule has 0 amide bonds. The first-order chi connectivity index (χ1) is 14.0. The van der Waals surface area contributed by atoms with Gasteiger partial charge in [0.2, 0.25) is 5.78 Å². The highest BCUT2D eigenvalue weighted by Gasteiger charge is 2.32. The van der Waals surface area contributed by atoms with E-state index in [1.54, 1.807) is 32.4 Å². The third kappa shape index (κ3) is 5.03. The van der Waals surface area contributed by atoms with E-state index in [-0.39, 0.29) is 17.3 Å². The van der Waals surface area contributed by atoms with Gasteiger partial charge in [0, 0.05) is 14.2 Å². The molecule has 6 heteroatoms. The van der Waals surface area contributed by atoms with E-state index >= 15 is 0 Å². The van der Waals surface area contributed by atoms with Gasteiger partial charge in [-0.15, -0.1) is 0 Å². The fraction of sp³-hybridized carbons (Fsp3) is 0.348. The Morgan fingerprint density at radius 3 is 2.48 bits per heavy atom. The number of phenols is 1. The Balaban J connectivity index is 1.89. The number of quaternary nitrogens is 1. The third-order valence-corrected chi connectivity index (χ3v) is 5.00. The van der Waals surface area contributed by atoms with Crippen molar-refractivity contribution in [2.75, 3.05) is 40.5 Å². The zero-order chi connectivity index (χ0) is 20.8. The van der Waals surface area contributed by atoms with Crippen LogP contribution in [-0.2, 0) is 16.0 Å². The molecule has 0 spiro atoms. The summed E-state index contributed by atoms with van der Waals surface area (Å²) in [6.45, 7) is 5.19. The van der Waals surface area contributed by atoms with Crippen molar-refractivity contribution in [3.63, 3.8) is 0 Å². The molecule has 0 saturated heterocycles. The number of fused-ring (bicyclic) bond motifs is 1. The molecular weight excluding hydrogens is 370 g/mol. The van der Waals surface area contributed by atoms with E-state index in [0.29, 0.717) is 36.6 Å². The van der Waals surface area contributed by atoms with Crippen LogP contribution in [-0.4, -0.2) is 51.4 Å². The number of aryl methyl sites for hydroxylation is 1. The Morgan fingerprint density at radius 2 is 1.83 bits per heavy atom. The number of phenolic OH excluding ortho intramolecular Hbond substituents is 1. The van der Waals surface area contributed by atoms with E-state index in [1.807, 2.05) is 31.2 Å². The minimum absolute atomic E-state index is 0.126. The normalized spacial score (nSPS) is 14.5. The van der Waals surface area contributed by atoms with Gasteiger partial charge in [0.1, 0.15) is 25.4 Å². The molecule has 0 radical (unpaired) electrons. The molecule has 1 aliphatic rings. The van der Waals surface area contributed by atoms with Gasteiger partial charge in [-0.2, -0.15) is 0 Å². The van der Waals surface area contributed by atoms with E-state index < -0.39 is 0 Å². The van der Waals surface area contributed by atoms with Crippen LogP contribution in [0.4, 0.5) is 0 Å². The summed E-state index contributed by atoms with van der Waals surface area (Å²) in [5.74, 6) is 0.674. The Bertz CT molecular complexity index is 898. The largest absolute Gasteiger partial charge is 0.507 e. The summed E-state index contributed by atoms with van der Waals surface area (Å²) in [4.78, 5) is 14.0. The molecule has 2 N–H and O–H groups in total. The second kappa shape index (κ2) is 9.69. The van der Waals surface area contributed by atoms with Crippen molar-refractivity contribution in [2.45, 2.75) is 13.5 Å². The van der Waals surface area contributed by atoms with Gasteiger partial charge >= 0.3 is 0 Å². The Hall–Kier alpha value is -2.67. The van der Waals surface area contributed by atoms with Gasteiger partial charge in [0.15, 0.2) is 11.5 Å². The molecule has 3 rings (SSSR count). The predicted octanol–water partition coefficient (Wildman–Crippen LogP) is 1.99. The average molecular weight is 398 g/mol. The highest BCUT2D eigenvalue weighted by atomic mass is 16.5. The standard InChI is InChI=1S/C23H27NO5/c1-16-5-4-6-17(13-16)14-21-22(26)18-7-8-20(25)19(23(18)29-21)15-24(9-11-27-2)10-12-28-3/h4-8,13-14,25H,9-12,15H2,1-3H3/p+1/b21-14+. The molecule has 0 atom stereocenters. The lowest BCUT2D eigenvalue weighted by atomic mass is 10.0. The maximum Gasteiger partial charge on any atom is 0.231 e. The molecule has 0 saturated carbocycles. The molecule has 154 valence electrons. The van der Waals surface area contributed by atoms with Crippen LogP contribution in [0.15, 0.2) is 42.2 Å². The zero-order valence-corrected chi connectivity index (χ0v) is 17.2. The van der Waals surface area contributed by atoms with Crippen LogP contribution in [0.1, 0.15) is 27.0 Å². The number of nitrogens with one attached hydrogen (secondary N) is 1. The van der Waals surface area contributed by atoms with Crippen molar-refractivity contribution in [2.24, 2.45) is 0 Å². The lowest BCUT2D eigenvalue weighted by molar-refractivity contribution is -0.914. The number of allylic oxidation sites excluding steroid dienone is 1. The number of aromatic hydroxyl groups is 1. The SMILES string of the molecule is COCC[NH+](CCOC)Cc1c(O)ccc2c1O/C(=C/c1cccc(C)c1)C2=O. The van der Waals surface area contributed by atoms with Gasteiger partial charge in [-0.1, -0.05) is 29.8 Å². The van der Waals surface area contributed by atoms with Gasteiger partial charge in [0.05, 0.1) is 24.3 Å². The molecular formula is C23H28NO5+. The summed E-state index contributed by atoms with van der Waals surface area (Å²) >= 11 is 0. The number of ether oxygens (including phenoxy) is 3. The second-order valence-corrected chi connectivity index (χ2v) is 7.21. The van der Waals surface area contributed by atoms with Crippen LogP contribution >= 0.6 is 0 Å². The summed E-state index contributed by atoms with van der Waals surface area (Å²) in [6, 6.07) is 11.1. The maximum absolute atomic E-state index is 12.9. The third-order valence-electron chi connectivity index (χ3n) is 5.00. The first-order valence-corrected chi connectivity index (χ1v) is 9.70. The van der Waals surface area contributed by atoms with Crippen molar-refractivity contribution in [3.8, 4) is 11.5 Å². The Labute approximate surface area is 171 Å². The smallest absolute Gasteiger partial charge is 0.231 e. The molecule has 6 nitrogen and oxygen atoms in total. The molecule has 0 bridgehead atoms. The average Bonchev–Trinajstić information content (AvgIpc) is 3.01. The summed E-state index contributed by atoms with van der Waals surface area (Å²) in [6.07, 6.45) is 1.75. The fourth-order valence-electron chi connectivity index (χ4n) is 3.42. The van der Waals surface area contributed by atoms with Gasteiger partial charge in [-0.3, -0.25) is 4.79 Å². The lowest BCUT2D eigenvalue weighted by Gasteiger charge is -2.20. The van der Waals surface area contributed by atoms with Crippen molar-refractivity contribution in [1.82, 2.24) is 0 Å². The van der Waals surface area contributed by atoms with Gasteiger partial charge in [-0.25, -0.2) is 0 Å².